The summed E-state index contributed by atoms with van der Waals surface area (Å²) in [5.74, 6) is 1.68. The van der Waals surface area contributed by atoms with Crippen molar-refractivity contribution in [2.45, 2.75) is 26.2 Å². The van der Waals surface area contributed by atoms with Crippen molar-refractivity contribution in [3.05, 3.63) is 41.3 Å². The number of carbonyl (C=O) groups excluding carboxylic acids is 1. The lowest BCUT2D eigenvalue weighted by molar-refractivity contribution is 0.0781. The van der Waals surface area contributed by atoms with E-state index >= 15 is 0 Å². The number of benzene rings is 1. The van der Waals surface area contributed by atoms with Crippen LogP contribution >= 0.6 is 0 Å². The summed E-state index contributed by atoms with van der Waals surface area (Å²) in [5.41, 5.74) is 9.09. The van der Waals surface area contributed by atoms with E-state index in [9.17, 15) is 4.79 Å². The van der Waals surface area contributed by atoms with Gasteiger partial charge in [-0.25, -0.2) is 4.98 Å². The number of nitrogens with two attached hydrogens (primary N) is 1. The molecule has 1 amide bonds. The first kappa shape index (κ1) is 17.9. The minimum Gasteiger partial charge on any atom is -0.383 e. The largest absolute Gasteiger partial charge is 0.383 e. The Morgan fingerprint density at radius 1 is 1.25 bits per heavy atom. The Bertz CT molecular complexity index is 1040. The SMILES string of the molecule is CC(C)c1noc(-c2cnc(Nc3ccc4c(c3)CCN(C)C4=O)nc2N)n1. The molecule has 2 aromatic heterocycles. The molecule has 0 unspecified atom stereocenters. The Morgan fingerprint density at radius 2 is 2.07 bits per heavy atom. The normalized spacial score (nSPS) is 13.7. The second kappa shape index (κ2) is 6.91. The van der Waals surface area contributed by atoms with Crippen LogP contribution in [0.5, 0.6) is 0 Å². The van der Waals surface area contributed by atoms with Gasteiger partial charge in [0.25, 0.3) is 11.8 Å². The molecule has 28 heavy (non-hydrogen) atoms. The number of nitrogens with zero attached hydrogens (tertiary/aromatic N) is 5. The standard InChI is InChI=1S/C19H21N7O2/c1-10(2)16-24-17(28-25-16)14-9-21-19(23-15(14)20)22-12-4-5-13-11(8-12)6-7-26(3)18(13)27/h4-5,8-10H,6-7H2,1-3H3,(H3,20,21,22,23). The number of carbonyl (C=O) groups is 1. The third-order valence-electron chi connectivity index (χ3n) is 4.66. The number of likely N-dealkylation sites (N-methyl/N-ethyl adjacent to an activating group) is 1. The van der Waals surface area contributed by atoms with Gasteiger partial charge < -0.3 is 20.5 Å². The molecule has 1 aromatic carbocycles. The molecule has 1 aliphatic heterocycles. The molecule has 3 aromatic rings. The Morgan fingerprint density at radius 3 is 2.79 bits per heavy atom. The van der Waals surface area contributed by atoms with Gasteiger partial charge in [0.1, 0.15) is 11.4 Å². The quantitative estimate of drug-likeness (QED) is 0.709. The van der Waals surface area contributed by atoms with Gasteiger partial charge >= 0.3 is 0 Å². The maximum Gasteiger partial charge on any atom is 0.263 e. The van der Waals surface area contributed by atoms with Crippen LogP contribution in [0.2, 0.25) is 0 Å². The van der Waals surface area contributed by atoms with Crippen LogP contribution in [-0.2, 0) is 6.42 Å². The number of nitrogens with one attached hydrogen (secondary N) is 1. The van der Waals surface area contributed by atoms with Crippen LogP contribution in [0.25, 0.3) is 11.5 Å². The topological polar surface area (TPSA) is 123 Å². The van der Waals surface area contributed by atoms with E-state index in [1.807, 2.05) is 39.1 Å². The minimum atomic E-state index is 0.0398. The summed E-state index contributed by atoms with van der Waals surface area (Å²) in [7, 11) is 1.81. The Hall–Kier alpha value is -3.49. The van der Waals surface area contributed by atoms with E-state index in [0.717, 1.165) is 23.2 Å². The number of hydrogen-bond acceptors (Lipinski definition) is 8. The number of nitrogen functional groups attached to an aromatic ring is 1. The van der Waals surface area contributed by atoms with E-state index in [0.29, 0.717) is 29.8 Å². The van der Waals surface area contributed by atoms with Gasteiger partial charge in [-0.2, -0.15) is 9.97 Å². The van der Waals surface area contributed by atoms with Crippen molar-refractivity contribution >= 4 is 23.4 Å². The maximum absolute atomic E-state index is 12.2. The van der Waals surface area contributed by atoms with Crippen molar-refractivity contribution in [1.82, 2.24) is 25.0 Å². The van der Waals surface area contributed by atoms with E-state index in [4.69, 9.17) is 10.3 Å². The molecule has 0 spiro atoms. The van der Waals surface area contributed by atoms with E-state index in [-0.39, 0.29) is 17.6 Å². The highest BCUT2D eigenvalue weighted by Gasteiger charge is 2.21. The van der Waals surface area contributed by atoms with Crippen LogP contribution < -0.4 is 11.1 Å². The molecule has 0 aliphatic carbocycles. The van der Waals surface area contributed by atoms with Gasteiger partial charge in [-0.15, -0.1) is 0 Å². The number of anilines is 3. The number of rotatable bonds is 4. The molecular weight excluding hydrogens is 358 g/mol. The summed E-state index contributed by atoms with van der Waals surface area (Å²) in [6.45, 7) is 4.66. The van der Waals surface area contributed by atoms with Crippen molar-refractivity contribution in [3.63, 3.8) is 0 Å². The Labute approximate surface area is 162 Å². The van der Waals surface area contributed by atoms with Gasteiger partial charge in [-0.3, -0.25) is 4.79 Å². The molecule has 0 atom stereocenters. The highest BCUT2D eigenvalue weighted by molar-refractivity contribution is 5.97. The second-order valence-electron chi connectivity index (χ2n) is 7.08. The van der Waals surface area contributed by atoms with Gasteiger partial charge in [0.05, 0.1) is 0 Å². The van der Waals surface area contributed by atoms with E-state index in [1.54, 1.807) is 11.1 Å². The highest BCUT2D eigenvalue weighted by Crippen LogP contribution is 2.27. The zero-order valence-corrected chi connectivity index (χ0v) is 15.9. The molecule has 144 valence electrons. The number of hydrogen-bond donors (Lipinski definition) is 2. The smallest absolute Gasteiger partial charge is 0.263 e. The molecule has 9 nitrogen and oxygen atoms in total. The lowest BCUT2D eigenvalue weighted by Gasteiger charge is -2.25. The molecule has 0 radical (unpaired) electrons. The molecule has 0 bridgehead atoms. The third kappa shape index (κ3) is 3.26. The summed E-state index contributed by atoms with van der Waals surface area (Å²) >= 11 is 0. The summed E-state index contributed by atoms with van der Waals surface area (Å²) in [6, 6.07) is 5.59. The number of aromatic nitrogens is 4. The van der Waals surface area contributed by atoms with Crippen molar-refractivity contribution in [3.8, 4) is 11.5 Å². The van der Waals surface area contributed by atoms with Crippen LogP contribution in [0.3, 0.4) is 0 Å². The predicted octanol–water partition coefficient (Wildman–Crippen LogP) is 2.60. The van der Waals surface area contributed by atoms with Crippen molar-refractivity contribution in [1.29, 1.82) is 0 Å². The van der Waals surface area contributed by atoms with Gasteiger partial charge in [0, 0.05) is 37.0 Å². The average molecular weight is 379 g/mol. The predicted molar refractivity (Wildman–Crippen MR) is 104 cm³/mol. The second-order valence-corrected chi connectivity index (χ2v) is 7.08. The molecule has 0 saturated carbocycles. The van der Waals surface area contributed by atoms with Gasteiger partial charge in [-0.05, 0) is 30.2 Å². The zero-order chi connectivity index (χ0) is 19.8. The molecule has 0 fully saturated rings. The molecular formula is C19H21N7O2. The van der Waals surface area contributed by atoms with Gasteiger partial charge in [0.2, 0.25) is 5.95 Å². The lowest BCUT2D eigenvalue weighted by Crippen LogP contribution is -2.34. The molecule has 9 heteroatoms. The molecule has 4 rings (SSSR count). The van der Waals surface area contributed by atoms with Crippen LogP contribution in [-0.4, -0.2) is 44.5 Å². The van der Waals surface area contributed by atoms with Crippen molar-refractivity contribution < 1.29 is 9.32 Å². The average Bonchev–Trinajstić information content (AvgIpc) is 3.15. The zero-order valence-electron chi connectivity index (χ0n) is 15.9. The van der Waals surface area contributed by atoms with E-state index < -0.39 is 0 Å². The Kier molecular flexibility index (Phi) is 4.42. The van der Waals surface area contributed by atoms with Crippen LogP contribution in [0.1, 0.15) is 41.5 Å². The molecule has 3 N–H and O–H groups in total. The fraction of sp³-hybridized carbons (Fsp3) is 0.316. The summed E-state index contributed by atoms with van der Waals surface area (Å²) in [5, 5.41) is 7.06. The first-order valence-corrected chi connectivity index (χ1v) is 9.04. The van der Waals surface area contributed by atoms with Crippen molar-refractivity contribution in [2.75, 3.05) is 24.6 Å². The Balaban J connectivity index is 1.56. The number of fused-ring (bicyclic) bond motifs is 1. The monoisotopic (exact) mass is 379 g/mol. The number of amides is 1. The summed E-state index contributed by atoms with van der Waals surface area (Å²) in [4.78, 5) is 26.8. The summed E-state index contributed by atoms with van der Waals surface area (Å²) < 4.78 is 5.25. The fourth-order valence-electron chi connectivity index (χ4n) is 3.01. The van der Waals surface area contributed by atoms with Crippen LogP contribution in [0.15, 0.2) is 28.9 Å². The first-order chi connectivity index (χ1) is 13.4. The molecule has 1 aliphatic rings. The van der Waals surface area contributed by atoms with Gasteiger partial charge in [-0.1, -0.05) is 19.0 Å². The van der Waals surface area contributed by atoms with Crippen LogP contribution in [0, 0.1) is 0 Å². The lowest BCUT2D eigenvalue weighted by atomic mass is 9.99. The minimum absolute atomic E-state index is 0.0398. The fourth-order valence-corrected chi connectivity index (χ4v) is 3.01. The van der Waals surface area contributed by atoms with E-state index in [2.05, 4.69) is 25.4 Å². The van der Waals surface area contributed by atoms with Gasteiger partial charge in [0.15, 0.2) is 5.82 Å². The van der Waals surface area contributed by atoms with E-state index in [1.165, 1.54) is 0 Å². The van der Waals surface area contributed by atoms with Crippen LogP contribution in [0.4, 0.5) is 17.5 Å². The molecule has 0 saturated heterocycles. The maximum atomic E-state index is 12.2. The molecule has 3 heterocycles. The first-order valence-electron chi connectivity index (χ1n) is 9.04. The third-order valence-corrected chi connectivity index (χ3v) is 4.66. The summed E-state index contributed by atoms with van der Waals surface area (Å²) in [6.07, 6.45) is 2.36. The van der Waals surface area contributed by atoms with Crippen molar-refractivity contribution in [2.24, 2.45) is 0 Å². The highest BCUT2D eigenvalue weighted by atomic mass is 16.5.